The van der Waals surface area contributed by atoms with Gasteiger partial charge in [0.05, 0.1) is 10.9 Å². The van der Waals surface area contributed by atoms with Crippen molar-refractivity contribution in [1.29, 1.82) is 0 Å². The van der Waals surface area contributed by atoms with E-state index in [1.807, 2.05) is 11.8 Å². The maximum Gasteiger partial charge on any atom is 0.416 e. The number of rotatable bonds is 1. The summed E-state index contributed by atoms with van der Waals surface area (Å²) in [6.45, 7) is 2.74. The van der Waals surface area contributed by atoms with Crippen LogP contribution in [0, 0.1) is 0 Å². The lowest BCUT2D eigenvalue weighted by Crippen LogP contribution is -2.23. The van der Waals surface area contributed by atoms with Crippen LogP contribution in [0.3, 0.4) is 0 Å². The second-order valence-corrected chi connectivity index (χ2v) is 4.73. The van der Waals surface area contributed by atoms with Gasteiger partial charge in [-0.05, 0) is 24.1 Å². The predicted octanol–water partition coefficient (Wildman–Crippen LogP) is 3.30. The Morgan fingerprint density at radius 1 is 1.31 bits per heavy atom. The minimum absolute atomic E-state index is 0.0338. The first-order valence-corrected chi connectivity index (χ1v) is 5.51. The lowest BCUT2D eigenvalue weighted by Gasteiger charge is -2.18. The zero-order chi connectivity index (χ0) is 11.9. The van der Waals surface area contributed by atoms with Crippen molar-refractivity contribution in [2.24, 2.45) is 0 Å². The molecule has 2 rings (SSSR count). The summed E-state index contributed by atoms with van der Waals surface area (Å²) in [4.78, 5) is 1.91. The fourth-order valence-electron chi connectivity index (χ4n) is 1.98. The number of halogens is 3. The summed E-state index contributed by atoms with van der Waals surface area (Å²) >= 11 is 4.25. The van der Waals surface area contributed by atoms with Gasteiger partial charge in [-0.3, -0.25) is 4.90 Å². The molecule has 0 bridgehead atoms. The Hall–Kier alpha value is -0.680. The van der Waals surface area contributed by atoms with Gasteiger partial charge in [0.2, 0.25) is 0 Å². The van der Waals surface area contributed by atoms with E-state index in [-0.39, 0.29) is 5.37 Å². The molecular formula is C11H12F3NS. The van der Waals surface area contributed by atoms with E-state index in [2.05, 4.69) is 12.6 Å². The van der Waals surface area contributed by atoms with E-state index in [0.717, 1.165) is 11.6 Å². The molecule has 1 unspecified atom stereocenters. The molecule has 0 aromatic heterocycles. The largest absolute Gasteiger partial charge is 0.416 e. The quantitative estimate of drug-likeness (QED) is 0.745. The molecular weight excluding hydrogens is 235 g/mol. The van der Waals surface area contributed by atoms with Gasteiger partial charge >= 0.3 is 6.18 Å². The highest BCUT2D eigenvalue weighted by atomic mass is 32.1. The van der Waals surface area contributed by atoms with Crippen LogP contribution in [0.1, 0.15) is 23.6 Å². The van der Waals surface area contributed by atoms with Crippen molar-refractivity contribution in [1.82, 2.24) is 4.90 Å². The van der Waals surface area contributed by atoms with E-state index >= 15 is 0 Å². The first kappa shape index (κ1) is 11.8. The van der Waals surface area contributed by atoms with Gasteiger partial charge < -0.3 is 0 Å². The molecule has 0 N–H and O–H groups in total. The molecule has 0 fully saturated rings. The van der Waals surface area contributed by atoms with Crippen LogP contribution >= 0.6 is 12.6 Å². The molecule has 5 heteroatoms. The van der Waals surface area contributed by atoms with Crippen molar-refractivity contribution in [2.45, 2.75) is 31.6 Å². The number of hydrogen-bond acceptors (Lipinski definition) is 2. The second kappa shape index (κ2) is 3.96. The number of fused-ring (bicyclic) bond motifs is 1. The summed E-state index contributed by atoms with van der Waals surface area (Å²) in [5, 5.41) is -0.0338. The standard InChI is InChI=1S/C11H12F3NS/c1-7(16)15-5-8-3-2-4-10(9(8)6-15)11(12,13)14/h2-4,7,16H,5-6H2,1H3. The minimum atomic E-state index is -4.26. The van der Waals surface area contributed by atoms with Gasteiger partial charge in [-0.15, -0.1) is 0 Å². The number of hydrogen-bond donors (Lipinski definition) is 1. The summed E-state index contributed by atoms with van der Waals surface area (Å²) in [5.41, 5.74) is 0.646. The van der Waals surface area contributed by atoms with Gasteiger partial charge in [0, 0.05) is 13.1 Å². The monoisotopic (exact) mass is 247 g/mol. The number of thiol groups is 1. The van der Waals surface area contributed by atoms with Crippen LogP contribution in [0.25, 0.3) is 0 Å². The molecule has 0 spiro atoms. The summed E-state index contributed by atoms with van der Waals surface area (Å²) in [6, 6.07) is 4.36. The van der Waals surface area contributed by atoms with Gasteiger partial charge in [0.15, 0.2) is 0 Å². The maximum absolute atomic E-state index is 12.7. The van der Waals surface area contributed by atoms with E-state index in [1.54, 1.807) is 6.07 Å². The molecule has 0 saturated heterocycles. The molecule has 1 heterocycles. The highest BCUT2D eigenvalue weighted by molar-refractivity contribution is 7.80. The van der Waals surface area contributed by atoms with Crippen molar-refractivity contribution in [2.75, 3.05) is 0 Å². The van der Waals surface area contributed by atoms with E-state index < -0.39 is 11.7 Å². The summed E-state index contributed by atoms with van der Waals surface area (Å²) in [5.74, 6) is 0. The zero-order valence-corrected chi connectivity index (χ0v) is 9.65. The lowest BCUT2D eigenvalue weighted by atomic mass is 10.0. The fraction of sp³-hybridized carbons (Fsp3) is 0.455. The van der Waals surface area contributed by atoms with Crippen LogP contribution in [-0.4, -0.2) is 10.3 Å². The summed E-state index contributed by atoms with van der Waals surface area (Å²) in [6.07, 6.45) is -4.26. The average Bonchev–Trinajstić information content (AvgIpc) is 2.58. The van der Waals surface area contributed by atoms with Crippen molar-refractivity contribution in [3.63, 3.8) is 0 Å². The molecule has 1 aromatic carbocycles. The molecule has 0 amide bonds. The first-order valence-electron chi connectivity index (χ1n) is 4.99. The molecule has 1 aromatic rings. The van der Waals surface area contributed by atoms with Crippen LogP contribution in [0.4, 0.5) is 13.2 Å². The highest BCUT2D eigenvalue weighted by Crippen LogP contribution is 2.37. The Bertz CT molecular complexity index is 401. The van der Waals surface area contributed by atoms with Crippen molar-refractivity contribution in [3.8, 4) is 0 Å². The van der Waals surface area contributed by atoms with Gasteiger partial charge in [-0.25, -0.2) is 0 Å². The topological polar surface area (TPSA) is 3.24 Å². The summed E-state index contributed by atoms with van der Waals surface area (Å²) in [7, 11) is 0. The normalized spacial score (nSPS) is 18.6. The molecule has 0 radical (unpaired) electrons. The van der Waals surface area contributed by atoms with E-state index in [0.29, 0.717) is 18.7 Å². The Morgan fingerprint density at radius 3 is 2.56 bits per heavy atom. The van der Waals surface area contributed by atoms with E-state index in [9.17, 15) is 13.2 Å². The number of alkyl halides is 3. The zero-order valence-electron chi connectivity index (χ0n) is 8.75. The maximum atomic E-state index is 12.7. The molecule has 1 nitrogen and oxygen atoms in total. The number of nitrogens with zero attached hydrogens (tertiary/aromatic N) is 1. The SMILES string of the molecule is CC(S)N1Cc2cccc(C(F)(F)F)c2C1. The predicted molar refractivity (Wildman–Crippen MR) is 59.1 cm³/mol. The summed E-state index contributed by atoms with van der Waals surface area (Å²) < 4.78 is 38.2. The van der Waals surface area contributed by atoms with Crippen molar-refractivity contribution in [3.05, 3.63) is 34.9 Å². The Labute approximate surface area is 97.7 Å². The molecule has 1 aliphatic rings. The lowest BCUT2D eigenvalue weighted by molar-refractivity contribution is -0.138. The molecule has 16 heavy (non-hydrogen) atoms. The minimum Gasteiger partial charge on any atom is -0.283 e. The van der Waals surface area contributed by atoms with E-state index in [1.165, 1.54) is 6.07 Å². The molecule has 1 aliphatic heterocycles. The molecule has 88 valence electrons. The van der Waals surface area contributed by atoms with Crippen LogP contribution in [0.15, 0.2) is 18.2 Å². The van der Waals surface area contributed by atoms with Gasteiger partial charge in [0.25, 0.3) is 0 Å². The van der Waals surface area contributed by atoms with Crippen molar-refractivity contribution < 1.29 is 13.2 Å². The average molecular weight is 247 g/mol. The molecule has 0 aliphatic carbocycles. The van der Waals surface area contributed by atoms with Gasteiger partial charge in [-0.2, -0.15) is 25.8 Å². The Morgan fingerprint density at radius 2 is 2.00 bits per heavy atom. The van der Waals surface area contributed by atoms with E-state index in [4.69, 9.17) is 0 Å². The van der Waals surface area contributed by atoms with Gasteiger partial charge in [-0.1, -0.05) is 12.1 Å². The third kappa shape index (κ3) is 2.06. The Kier molecular flexibility index (Phi) is 2.92. The fourth-order valence-corrected chi connectivity index (χ4v) is 2.14. The smallest absolute Gasteiger partial charge is 0.283 e. The van der Waals surface area contributed by atoms with Crippen LogP contribution < -0.4 is 0 Å². The molecule has 0 saturated carbocycles. The third-order valence-corrected chi connectivity index (χ3v) is 3.17. The molecule has 1 atom stereocenters. The highest BCUT2D eigenvalue weighted by Gasteiger charge is 2.36. The third-order valence-electron chi connectivity index (χ3n) is 2.84. The van der Waals surface area contributed by atoms with Crippen LogP contribution in [-0.2, 0) is 19.3 Å². The second-order valence-electron chi connectivity index (χ2n) is 3.98. The van der Waals surface area contributed by atoms with Crippen LogP contribution in [0.5, 0.6) is 0 Å². The van der Waals surface area contributed by atoms with Crippen LogP contribution in [0.2, 0.25) is 0 Å². The van der Waals surface area contributed by atoms with Crippen molar-refractivity contribution >= 4 is 12.6 Å². The first-order chi connectivity index (χ1) is 7.39. The Balaban J connectivity index is 2.39. The van der Waals surface area contributed by atoms with Gasteiger partial charge in [0.1, 0.15) is 0 Å². The number of benzene rings is 1.